The fourth-order valence-electron chi connectivity index (χ4n) is 7.38. The summed E-state index contributed by atoms with van der Waals surface area (Å²) in [6.45, 7) is 18.8. The summed E-state index contributed by atoms with van der Waals surface area (Å²) in [6.07, 6.45) is 39.1. The van der Waals surface area contributed by atoms with Crippen molar-refractivity contribution in [3.63, 3.8) is 0 Å². The van der Waals surface area contributed by atoms with Gasteiger partial charge in [-0.05, 0) is 71.0 Å². The molecular weight excluding hydrogens is 627 g/mol. The Hall–Kier alpha value is -1.10. The van der Waals surface area contributed by atoms with Crippen molar-refractivity contribution in [1.29, 1.82) is 0 Å². The summed E-state index contributed by atoms with van der Waals surface area (Å²) in [6, 6.07) is 0. The second-order valence-electron chi connectivity index (χ2n) is 15.9. The molecule has 304 valence electrons. The monoisotopic (exact) mass is 720 g/mol. The molecular formula is C46H93N3O2. The average Bonchev–Trinajstić information content (AvgIpc) is 3.14. The molecule has 0 aromatic rings. The van der Waals surface area contributed by atoms with Crippen LogP contribution in [0, 0.1) is 0 Å². The van der Waals surface area contributed by atoms with E-state index in [1.165, 1.54) is 193 Å². The van der Waals surface area contributed by atoms with Crippen LogP contribution in [0.3, 0.4) is 0 Å². The molecule has 0 aliphatic heterocycles. The summed E-state index contributed by atoms with van der Waals surface area (Å²) in [7, 11) is 0. The van der Waals surface area contributed by atoms with Gasteiger partial charge in [-0.25, -0.2) is 0 Å². The Bertz CT molecular complexity index is 671. The maximum absolute atomic E-state index is 13.1. The fourth-order valence-corrected chi connectivity index (χ4v) is 7.38. The van der Waals surface area contributed by atoms with Crippen LogP contribution in [0.5, 0.6) is 0 Å². The summed E-state index contributed by atoms with van der Waals surface area (Å²) in [5.41, 5.74) is 0. The van der Waals surface area contributed by atoms with Crippen molar-refractivity contribution >= 4 is 11.8 Å². The summed E-state index contributed by atoms with van der Waals surface area (Å²) in [5, 5.41) is 0. The molecule has 0 aliphatic rings. The minimum atomic E-state index is 0.409. The topological polar surface area (TPSA) is 43.9 Å². The molecule has 0 radical (unpaired) electrons. The number of unbranched alkanes of at least 4 members (excludes halogenated alkanes) is 24. The Balaban J connectivity index is 4.10. The highest BCUT2D eigenvalue weighted by Crippen LogP contribution is 2.14. The van der Waals surface area contributed by atoms with Gasteiger partial charge in [-0.3, -0.25) is 9.59 Å². The van der Waals surface area contributed by atoms with Gasteiger partial charge in [-0.2, -0.15) is 0 Å². The maximum atomic E-state index is 13.1. The molecule has 0 aliphatic carbocycles. The van der Waals surface area contributed by atoms with Crippen LogP contribution in [-0.2, 0) is 9.59 Å². The first-order valence-electron chi connectivity index (χ1n) is 23.3. The van der Waals surface area contributed by atoms with E-state index < -0.39 is 0 Å². The third-order valence-corrected chi connectivity index (χ3v) is 11.0. The SMILES string of the molecule is CCCCCCCCN(CCCCCC)C(=O)CCCCCCCN(CC)CCCCCCCC(=O)N(CCCCCC)CCCCCCCC. The molecule has 0 spiro atoms. The van der Waals surface area contributed by atoms with Gasteiger partial charge in [0, 0.05) is 39.0 Å². The molecule has 0 atom stereocenters. The minimum Gasteiger partial charge on any atom is -0.343 e. The van der Waals surface area contributed by atoms with Gasteiger partial charge in [-0.15, -0.1) is 0 Å². The van der Waals surface area contributed by atoms with Crippen molar-refractivity contribution in [2.24, 2.45) is 0 Å². The molecule has 5 heteroatoms. The summed E-state index contributed by atoms with van der Waals surface area (Å²) >= 11 is 0. The Labute approximate surface area is 321 Å². The smallest absolute Gasteiger partial charge is 0.222 e. The van der Waals surface area contributed by atoms with Crippen LogP contribution in [0.4, 0.5) is 0 Å². The Morgan fingerprint density at radius 1 is 0.294 bits per heavy atom. The molecule has 0 rings (SSSR count). The van der Waals surface area contributed by atoms with Crippen LogP contribution in [0.1, 0.15) is 240 Å². The zero-order valence-electron chi connectivity index (χ0n) is 35.7. The maximum Gasteiger partial charge on any atom is 0.222 e. The van der Waals surface area contributed by atoms with E-state index in [4.69, 9.17) is 0 Å². The molecule has 0 fully saturated rings. The Morgan fingerprint density at radius 3 is 0.824 bits per heavy atom. The Morgan fingerprint density at radius 2 is 0.529 bits per heavy atom. The molecule has 2 amide bonds. The van der Waals surface area contributed by atoms with E-state index in [0.29, 0.717) is 11.8 Å². The Kier molecular flexibility index (Phi) is 39.2. The molecule has 51 heavy (non-hydrogen) atoms. The molecule has 0 aromatic carbocycles. The van der Waals surface area contributed by atoms with E-state index in [2.05, 4.69) is 49.3 Å². The lowest BCUT2D eigenvalue weighted by molar-refractivity contribution is -0.132. The summed E-state index contributed by atoms with van der Waals surface area (Å²) in [4.78, 5) is 33.1. The van der Waals surface area contributed by atoms with Gasteiger partial charge in [0.1, 0.15) is 0 Å². The number of nitrogens with zero attached hydrogens (tertiary/aromatic N) is 3. The number of hydrogen-bond acceptors (Lipinski definition) is 3. The molecule has 0 unspecified atom stereocenters. The van der Waals surface area contributed by atoms with Gasteiger partial charge in [-0.1, -0.05) is 176 Å². The van der Waals surface area contributed by atoms with Crippen LogP contribution >= 0.6 is 0 Å². The van der Waals surface area contributed by atoms with Gasteiger partial charge < -0.3 is 14.7 Å². The molecule has 0 aromatic heterocycles. The van der Waals surface area contributed by atoms with E-state index in [-0.39, 0.29) is 0 Å². The normalized spacial score (nSPS) is 11.5. The fraction of sp³-hybridized carbons (Fsp3) is 0.957. The largest absolute Gasteiger partial charge is 0.343 e. The first kappa shape index (κ1) is 49.9. The van der Waals surface area contributed by atoms with Crippen molar-refractivity contribution in [2.45, 2.75) is 240 Å². The number of carbonyl (C=O) groups excluding carboxylic acids is 2. The zero-order chi connectivity index (χ0) is 37.5. The van der Waals surface area contributed by atoms with Crippen molar-refractivity contribution in [1.82, 2.24) is 14.7 Å². The average molecular weight is 720 g/mol. The number of rotatable bonds is 41. The van der Waals surface area contributed by atoms with Crippen molar-refractivity contribution in [2.75, 3.05) is 45.8 Å². The standard InChI is InChI=1S/C46H93N3O2/c1-6-11-15-19-27-35-43-48(41-33-17-13-8-3)45(50)37-29-23-21-25-31-39-47(10-5)40-32-26-22-24-30-38-46(51)49(42-34-18-14-9-4)44-36-28-20-16-12-7-2/h6-44H2,1-5H3. The van der Waals surface area contributed by atoms with Crippen LogP contribution < -0.4 is 0 Å². The van der Waals surface area contributed by atoms with Crippen molar-refractivity contribution < 1.29 is 9.59 Å². The van der Waals surface area contributed by atoms with E-state index in [9.17, 15) is 9.59 Å². The molecule has 0 saturated carbocycles. The van der Waals surface area contributed by atoms with Gasteiger partial charge >= 0.3 is 0 Å². The number of carbonyl (C=O) groups is 2. The van der Waals surface area contributed by atoms with Gasteiger partial charge in [0.2, 0.25) is 11.8 Å². The van der Waals surface area contributed by atoms with Crippen LogP contribution in [0.25, 0.3) is 0 Å². The van der Waals surface area contributed by atoms with E-state index in [1.807, 2.05) is 0 Å². The van der Waals surface area contributed by atoms with Gasteiger partial charge in [0.15, 0.2) is 0 Å². The van der Waals surface area contributed by atoms with E-state index in [0.717, 1.165) is 58.4 Å². The molecule has 5 nitrogen and oxygen atoms in total. The molecule has 0 bridgehead atoms. The first-order valence-corrected chi connectivity index (χ1v) is 23.3. The predicted octanol–water partition coefficient (Wildman–Crippen LogP) is 13.5. The zero-order valence-corrected chi connectivity index (χ0v) is 35.7. The molecule has 0 saturated heterocycles. The highest BCUT2D eigenvalue weighted by molar-refractivity contribution is 5.76. The minimum absolute atomic E-state index is 0.409. The molecule has 0 N–H and O–H groups in total. The highest BCUT2D eigenvalue weighted by atomic mass is 16.2. The number of hydrogen-bond donors (Lipinski definition) is 0. The van der Waals surface area contributed by atoms with Crippen molar-refractivity contribution in [3.8, 4) is 0 Å². The van der Waals surface area contributed by atoms with Gasteiger partial charge in [0.05, 0.1) is 0 Å². The third-order valence-electron chi connectivity index (χ3n) is 11.0. The third kappa shape index (κ3) is 33.2. The number of amides is 2. The quantitative estimate of drug-likeness (QED) is 0.0591. The lowest BCUT2D eigenvalue weighted by Gasteiger charge is -2.23. The van der Waals surface area contributed by atoms with Gasteiger partial charge in [0.25, 0.3) is 0 Å². The van der Waals surface area contributed by atoms with Crippen LogP contribution in [0.15, 0.2) is 0 Å². The second-order valence-corrected chi connectivity index (χ2v) is 15.9. The lowest BCUT2D eigenvalue weighted by Crippen LogP contribution is -2.32. The van der Waals surface area contributed by atoms with Crippen LogP contribution in [-0.4, -0.2) is 72.3 Å². The second kappa shape index (κ2) is 40.1. The summed E-state index contributed by atoms with van der Waals surface area (Å²) in [5.74, 6) is 0.819. The predicted molar refractivity (Wildman–Crippen MR) is 226 cm³/mol. The summed E-state index contributed by atoms with van der Waals surface area (Å²) < 4.78 is 0. The lowest BCUT2D eigenvalue weighted by atomic mass is 10.1. The van der Waals surface area contributed by atoms with Crippen molar-refractivity contribution in [3.05, 3.63) is 0 Å². The molecule has 0 heterocycles. The van der Waals surface area contributed by atoms with E-state index in [1.54, 1.807) is 0 Å². The van der Waals surface area contributed by atoms with Crippen LogP contribution in [0.2, 0.25) is 0 Å². The highest BCUT2D eigenvalue weighted by Gasteiger charge is 2.14. The van der Waals surface area contributed by atoms with E-state index >= 15 is 0 Å². The first-order chi connectivity index (χ1) is 25.0.